The first kappa shape index (κ1) is 16.4. The summed E-state index contributed by atoms with van der Waals surface area (Å²) in [5.41, 5.74) is 7.64. The van der Waals surface area contributed by atoms with Crippen LogP contribution in [0.1, 0.15) is 29.9 Å². The number of aromatic nitrogens is 2. The highest BCUT2D eigenvalue weighted by Crippen LogP contribution is 2.29. The van der Waals surface area contributed by atoms with Crippen molar-refractivity contribution in [3.8, 4) is 0 Å². The highest BCUT2D eigenvalue weighted by molar-refractivity contribution is 5.75. The molecule has 0 bridgehead atoms. The van der Waals surface area contributed by atoms with Crippen LogP contribution in [0.3, 0.4) is 0 Å². The Labute approximate surface area is 142 Å². The first-order valence-corrected chi connectivity index (χ1v) is 8.27. The fourth-order valence-corrected chi connectivity index (χ4v) is 3.15. The molecular formula is C18H23N5O. The molecule has 0 spiro atoms. The van der Waals surface area contributed by atoms with Gasteiger partial charge in [0.05, 0.1) is 6.54 Å². The first-order chi connectivity index (χ1) is 11.6. The Bertz CT molecular complexity index is 710. The second-order valence-electron chi connectivity index (χ2n) is 6.29. The summed E-state index contributed by atoms with van der Waals surface area (Å²) in [7, 11) is 0. The van der Waals surface area contributed by atoms with Gasteiger partial charge >= 0.3 is 0 Å². The molecule has 1 amide bonds. The summed E-state index contributed by atoms with van der Waals surface area (Å²) < 4.78 is 0. The third-order valence-corrected chi connectivity index (χ3v) is 4.48. The van der Waals surface area contributed by atoms with E-state index in [2.05, 4.69) is 32.3 Å². The summed E-state index contributed by atoms with van der Waals surface area (Å²) in [4.78, 5) is 21.9. The molecule has 2 aromatic rings. The molecular weight excluding hydrogens is 302 g/mol. The normalized spacial score (nSPS) is 16.0. The van der Waals surface area contributed by atoms with Gasteiger partial charge in [-0.15, -0.1) is 0 Å². The maximum atomic E-state index is 11.0. The van der Waals surface area contributed by atoms with Crippen molar-refractivity contribution in [1.82, 2.24) is 14.9 Å². The lowest BCUT2D eigenvalue weighted by Gasteiger charge is -2.31. The van der Waals surface area contributed by atoms with E-state index in [1.165, 1.54) is 5.56 Å². The highest BCUT2D eigenvalue weighted by Gasteiger charge is 2.21. The number of anilines is 2. The van der Waals surface area contributed by atoms with Gasteiger partial charge in [-0.05, 0) is 68.1 Å². The van der Waals surface area contributed by atoms with Gasteiger partial charge < -0.3 is 11.1 Å². The number of nitrogens with zero attached hydrogens (tertiary/aromatic N) is 3. The summed E-state index contributed by atoms with van der Waals surface area (Å²) in [5, 5.41) is 3.29. The molecule has 2 aromatic heterocycles. The molecule has 0 saturated carbocycles. The summed E-state index contributed by atoms with van der Waals surface area (Å²) in [6.07, 6.45) is 5.66. The number of hydrogen-bond donors (Lipinski definition) is 2. The van der Waals surface area contributed by atoms with Crippen LogP contribution in [0.15, 0.2) is 36.7 Å². The summed E-state index contributed by atoms with van der Waals surface area (Å²) in [5.74, 6) is 1.88. The Hall–Kier alpha value is -2.47. The molecule has 1 aliphatic heterocycles. The van der Waals surface area contributed by atoms with Crippen LogP contribution in [0.25, 0.3) is 0 Å². The first-order valence-electron chi connectivity index (χ1n) is 8.27. The average Bonchev–Trinajstić information content (AvgIpc) is 2.57. The standard InChI is InChI=1S/C18H23N5O/c1-13-3-2-7-21-18(13)22-17-11-15(4-8-20-17)14-5-9-23(10-6-14)12-16(19)24/h2-4,7-8,11,14H,5-6,9-10,12H2,1H3,(H2,19,24)(H,20,21,22). The Morgan fingerprint density at radius 1 is 1.29 bits per heavy atom. The minimum Gasteiger partial charge on any atom is -0.369 e. The molecule has 6 heteroatoms. The van der Waals surface area contributed by atoms with E-state index in [1.54, 1.807) is 6.20 Å². The van der Waals surface area contributed by atoms with Gasteiger partial charge in [0.1, 0.15) is 11.6 Å². The Balaban J connectivity index is 1.66. The molecule has 0 unspecified atom stereocenters. The molecule has 126 valence electrons. The minimum absolute atomic E-state index is 0.255. The van der Waals surface area contributed by atoms with E-state index < -0.39 is 0 Å². The van der Waals surface area contributed by atoms with E-state index in [1.807, 2.05) is 25.3 Å². The maximum absolute atomic E-state index is 11.0. The molecule has 3 N–H and O–H groups in total. The van der Waals surface area contributed by atoms with Crippen LogP contribution in [0.5, 0.6) is 0 Å². The number of aryl methyl sites for hydroxylation is 1. The van der Waals surface area contributed by atoms with Gasteiger partial charge in [0.15, 0.2) is 0 Å². The van der Waals surface area contributed by atoms with Gasteiger partial charge in [0.2, 0.25) is 5.91 Å². The van der Waals surface area contributed by atoms with Crippen molar-refractivity contribution < 1.29 is 4.79 Å². The molecule has 0 atom stereocenters. The Morgan fingerprint density at radius 2 is 2.08 bits per heavy atom. The van der Waals surface area contributed by atoms with Gasteiger partial charge in [-0.1, -0.05) is 6.07 Å². The number of hydrogen-bond acceptors (Lipinski definition) is 5. The number of nitrogens with one attached hydrogen (secondary N) is 1. The predicted molar refractivity (Wildman–Crippen MR) is 94.1 cm³/mol. The smallest absolute Gasteiger partial charge is 0.231 e. The third-order valence-electron chi connectivity index (χ3n) is 4.48. The quantitative estimate of drug-likeness (QED) is 0.880. The van der Waals surface area contributed by atoms with Crippen LogP contribution >= 0.6 is 0 Å². The fraction of sp³-hybridized carbons (Fsp3) is 0.389. The highest BCUT2D eigenvalue weighted by atomic mass is 16.1. The van der Waals surface area contributed by atoms with Gasteiger partial charge in [-0.25, -0.2) is 9.97 Å². The topological polar surface area (TPSA) is 84.1 Å². The zero-order valence-corrected chi connectivity index (χ0v) is 13.9. The number of primary amides is 1. The van der Waals surface area contributed by atoms with Crippen molar-refractivity contribution in [2.75, 3.05) is 25.0 Å². The summed E-state index contributed by atoms with van der Waals surface area (Å²) in [6.45, 7) is 4.18. The number of amides is 1. The van der Waals surface area contributed by atoms with Gasteiger partial charge in [0, 0.05) is 12.4 Å². The van der Waals surface area contributed by atoms with Crippen LogP contribution in [0.4, 0.5) is 11.6 Å². The number of carbonyl (C=O) groups excluding carboxylic acids is 1. The van der Waals surface area contributed by atoms with Crippen molar-refractivity contribution in [1.29, 1.82) is 0 Å². The molecule has 24 heavy (non-hydrogen) atoms. The van der Waals surface area contributed by atoms with E-state index in [0.717, 1.165) is 43.1 Å². The fourth-order valence-electron chi connectivity index (χ4n) is 3.15. The van der Waals surface area contributed by atoms with Gasteiger partial charge in [0.25, 0.3) is 0 Å². The number of carbonyl (C=O) groups is 1. The molecule has 3 rings (SSSR count). The SMILES string of the molecule is Cc1cccnc1Nc1cc(C2CCN(CC(N)=O)CC2)ccn1. The lowest BCUT2D eigenvalue weighted by atomic mass is 9.90. The summed E-state index contributed by atoms with van der Waals surface area (Å²) >= 11 is 0. The second-order valence-corrected chi connectivity index (χ2v) is 6.29. The Morgan fingerprint density at radius 3 is 2.79 bits per heavy atom. The zero-order chi connectivity index (χ0) is 16.9. The Kier molecular flexibility index (Phi) is 5.05. The molecule has 0 aliphatic carbocycles. The van der Waals surface area contributed by atoms with Crippen molar-refractivity contribution >= 4 is 17.5 Å². The number of piperidine rings is 1. The van der Waals surface area contributed by atoms with E-state index >= 15 is 0 Å². The summed E-state index contributed by atoms with van der Waals surface area (Å²) in [6, 6.07) is 8.12. The molecule has 1 saturated heterocycles. The molecule has 1 aliphatic rings. The second kappa shape index (κ2) is 7.40. The number of likely N-dealkylation sites (tertiary alicyclic amines) is 1. The van der Waals surface area contributed by atoms with Gasteiger partial charge in [-0.2, -0.15) is 0 Å². The van der Waals surface area contributed by atoms with Crippen LogP contribution in [-0.2, 0) is 4.79 Å². The minimum atomic E-state index is -0.255. The maximum Gasteiger partial charge on any atom is 0.231 e. The van der Waals surface area contributed by atoms with Crippen LogP contribution in [-0.4, -0.2) is 40.4 Å². The van der Waals surface area contributed by atoms with Crippen molar-refractivity contribution in [3.05, 3.63) is 47.8 Å². The van der Waals surface area contributed by atoms with Crippen LogP contribution in [0.2, 0.25) is 0 Å². The molecule has 0 aromatic carbocycles. The number of nitrogens with two attached hydrogens (primary N) is 1. The zero-order valence-electron chi connectivity index (χ0n) is 13.9. The number of pyridine rings is 2. The molecule has 3 heterocycles. The third kappa shape index (κ3) is 4.08. The molecule has 0 radical (unpaired) electrons. The average molecular weight is 325 g/mol. The van der Waals surface area contributed by atoms with Crippen LogP contribution < -0.4 is 11.1 Å². The van der Waals surface area contributed by atoms with E-state index in [-0.39, 0.29) is 5.91 Å². The van der Waals surface area contributed by atoms with E-state index in [9.17, 15) is 4.79 Å². The van der Waals surface area contributed by atoms with E-state index in [0.29, 0.717) is 12.5 Å². The lowest BCUT2D eigenvalue weighted by molar-refractivity contribution is -0.119. The largest absolute Gasteiger partial charge is 0.369 e. The van der Waals surface area contributed by atoms with Gasteiger partial charge in [-0.3, -0.25) is 9.69 Å². The lowest BCUT2D eigenvalue weighted by Crippen LogP contribution is -2.39. The number of rotatable bonds is 5. The van der Waals surface area contributed by atoms with E-state index in [4.69, 9.17) is 5.73 Å². The van der Waals surface area contributed by atoms with Crippen molar-refractivity contribution in [2.24, 2.45) is 5.73 Å². The molecule has 6 nitrogen and oxygen atoms in total. The predicted octanol–water partition coefficient (Wildman–Crippen LogP) is 2.19. The van der Waals surface area contributed by atoms with Crippen LogP contribution in [0, 0.1) is 6.92 Å². The molecule has 1 fully saturated rings. The van der Waals surface area contributed by atoms with Crippen molar-refractivity contribution in [3.63, 3.8) is 0 Å². The monoisotopic (exact) mass is 325 g/mol. The van der Waals surface area contributed by atoms with Crippen molar-refractivity contribution in [2.45, 2.75) is 25.7 Å².